The van der Waals surface area contributed by atoms with Crippen molar-refractivity contribution in [1.29, 1.82) is 0 Å². The van der Waals surface area contributed by atoms with Crippen molar-refractivity contribution in [2.45, 2.75) is 49.6 Å². The minimum absolute atomic E-state index is 0.132. The lowest BCUT2D eigenvalue weighted by Gasteiger charge is -2.46. The summed E-state index contributed by atoms with van der Waals surface area (Å²) in [6.45, 7) is -0.146. The van der Waals surface area contributed by atoms with Crippen molar-refractivity contribution in [3.63, 3.8) is 0 Å². The van der Waals surface area contributed by atoms with Gasteiger partial charge in [0.05, 0.1) is 11.5 Å². The molecule has 1 aromatic rings. The fraction of sp³-hybridized carbons (Fsp3) is 0.600. The van der Waals surface area contributed by atoms with Crippen molar-refractivity contribution < 1.29 is 8.78 Å². The smallest absolute Gasteiger partial charge is 0.251 e. The molecule has 0 aliphatic carbocycles. The highest BCUT2D eigenvalue weighted by Crippen LogP contribution is 2.47. The fourth-order valence-corrected chi connectivity index (χ4v) is 4.83. The van der Waals surface area contributed by atoms with Gasteiger partial charge in [-0.1, -0.05) is 12.2 Å². The van der Waals surface area contributed by atoms with E-state index in [4.69, 9.17) is 18.0 Å². The van der Waals surface area contributed by atoms with E-state index in [1.807, 2.05) is 11.1 Å². The maximum absolute atomic E-state index is 12.8. The third-order valence-corrected chi connectivity index (χ3v) is 6.00. The van der Waals surface area contributed by atoms with Crippen molar-refractivity contribution >= 4 is 39.8 Å². The van der Waals surface area contributed by atoms with E-state index in [9.17, 15) is 8.78 Å². The van der Waals surface area contributed by atoms with Gasteiger partial charge in [0, 0.05) is 33.5 Å². The van der Waals surface area contributed by atoms with Crippen LogP contribution in [0.1, 0.15) is 31.2 Å². The first-order chi connectivity index (χ1) is 10.4. The highest BCUT2D eigenvalue weighted by Gasteiger charge is 2.51. The molecule has 1 aromatic heterocycles. The predicted octanol–water partition coefficient (Wildman–Crippen LogP) is 3.10. The number of piperidine rings is 1. The quantitative estimate of drug-likeness (QED) is 0.581. The molecule has 0 spiro atoms. The van der Waals surface area contributed by atoms with Crippen LogP contribution in [0.2, 0.25) is 0 Å². The van der Waals surface area contributed by atoms with Crippen LogP contribution in [0, 0.1) is 3.57 Å². The minimum atomic E-state index is -2.29. The average Bonchev–Trinajstić information content (AvgIpc) is 2.70. The Morgan fingerprint density at radius 2 is 2.05 bits per heavy atom. The van der Waals surface area contributed by atoms with Crippen molar-refractivity contribution in [3.05, 3.63) is 27.6 Å². The van der Waals surface area contributed by atoms with Crippen LogP contribution in [0.15, 0.2) is 18.5 Å². The molecule has 2 saturated heterocycles. The Kier molecular flexibility index (Phi) is 4.66. The van der Waals surface area contributed by atoms with Crippen LogP contribution in [0.5, 0.6) is 0 Å². The molecule has 3 atom stereocenters. The lowest BCUT2D eigenvalue weighted by molar-refractivity contribution is 0.0325. The summed E-state index contributed by atoms with van der Waals surface area (Å²) in [7, 11) is 0. The third-order valence-electron chi connectivity index (χ3n) is 5.02. The number of pyridine rings is 1. The van der Waals surface area contributed by atoms with E-state index in [1.54, 1.807) is 6.20 Å². The summed E-state index contributed by atoms with van der Waals surface area (Å²) in [5.41, 5.74) is 6.74. The number of thiocarbonyl (C=S) groups is 1. The average molecular weight is 437 g/mol. The molecular formula is C15H18F2IN3S. The second-order valence-electron chi connectivity index (χ2n) is 6.22. The van der Waals surface area contributed by atoms with Crippen LogP contribution in [0.25, 0.3) is 0 Å². The van der Waals surface area contributed by atoms with Gasteiger partial charge in [0.2, 0.25) is 0 Å². The van der Waals surface area contributed by atoms with Crippen LogP contribution < -0.4 is 5.73 Å². The summed E-state index contributed by atoms with van der Waals surface area (Å²) in [5.74, 6) is 0. The molecule has 22 heavy (non-hydrogen) atoms. The fourth-order valence-electron chi connectivity index (χ4n) is 4.05. The Balaban J connectivity index is 1.94. The first-order valence-corrected chi connectivity index (χ1v) is 8.86. The van der Waals surface area contributed by atoms with Gasteiger partial charge in [-0.2, -0.15) is 0 Å². The Bertz CT molecular complexity index is 570. The van der Waals surface area contributed by atoms with Crippen molar-refractivity contribution in [2.24, 2.45) is 5.73 Å². The molecule has 2 aliphatic heterocycles. The molecular weight excluding hydrogens is 419 g/mol. The van der Waals surface area contributed by atoms with Gasteiger partial charge < -0.3 is 5.73 Å². The van der Waals surface area contributed by atoms with Crippen LogP contribution in [0.4, 0.5) is 8.78 Å². The molecule has 3 rings (SSSR count). The second-order valence-corrected chi connectivity index (χ2v) is 7.90. The van der Waals surface area contributed by atoms with Crippen molar-refractivity contribution in [2.75, 3.05) is 6.54 Å². The molecule has 120 valence electrons. The van der Waals surface area contributed by atoms with E-state index in [0.29, 0.717) is 17.8 Å². The van der Waals surface area contributed by atoms with Gasteiger partial charge in [0.25, 0.3) is 6.43 Å². The SMILES string of the molecule is NC(=S)[C@@]1(c2cncc(I)c2)C[C@H]2CC[C@@H](C1)N2CC(F)F. The zero-order valence-electron chi connectivity index (χ0n) is 12.0. The van der Waals surface area contributed by atoms with Crippen molar-refractivity contribution in [1.82, 2.24) is 9.88 Å². The summed E-state index contributed by atoms with van der Waals surface area (Å²) in [4.78, 5) is 6.69. The summed E-state index contributed by atoms with van der Waals surface area (Å²) in [6, 6.07) is 2.33. The molecule has 3 heterocycles. The van der Waals surface area contributed by atoms with Gasteiger partial charge in [0.15, 0.2) is 0 Å². The standard InChI is InChI=1S/C15H18F2IN3S/c16-13(17)8-21-11-1-2-12(21)5-15(4-11,14(19)22)9-3-10(18)7-20-6-9/h3,6-7,11-13H,1-2,4-5,8H2,(H2,19,22)/t11-,12+,15+. The van der Waals surface area contributed by atoms with E-state index in [1.165, 1.54) is 0 Å². The van der Waals surface area contributed by atoms with Crippen molar-refractivity contribution in [3.8, 4) is 0 Å². The van der Waals surface area contributed by atoms with E-state index in [2.05, 4.69) is 33.6 Å². The van der Waals surface area contributed by atoms with E-state index in [0.717, 1.165) is 22.0 Å². The van der Waals surface area contributed by atoms with E-state index < -0.39 is 11.8 Å². The lowest BCUT2D eigenvalue weighted by atomic mass is 9.70. The predicted molar refractivity (Wildman–Crippen MR) is 94.2 cm³/mol. The van der Waals surface area contributed by atoms with Crippen LogP contribution >= 0.6 is 34.8 Å². The number of aromatic nitrogens is 1. The number of hydrogen-bond donors (Lipinski definition) is 1. The highest BCUT2D eigenvalue weighted by atomic mass is 127. The molecule has 0 amide bonds. The molecule has 0 aromatic carbocycles. The highest BCUT2D eigenvalue weighted by molar-refractivity contribution is 14.1. The van der Waals surface area contributed by atoms with Gasteiger partial charge in [0.1, 0.15) is 0 Å². The van der Waals surface area contributed by atoms with Crippen LogP contribution in [-0.2, 0) is 5.41 Å². The van der Waals surface area contributed by atoms with Gasteiger partial charge >= 0.3 is 0 Å². The number of fused-ring (bicyclic) bond motifs is 2. The number of halogens is 3. The van der Waals surface area contributed by atoms with E-state index in [-0.39, 0.29) is 18.6 Å². The first kappa shape index (κ1) is 16.4. The lowest BCUT2D eigenvalue weighted by Crippen LogP contribution is -2.55. The first-order valence-electron chi connectivity index (χ1n) is 7.37. The number of nitrogens with zero attached hydrogens (tertiary/aromatic N) is 2. The molecule has 0 saturated carbocycles. The molecule has 3 nitrogen and oxygen atoms in total. The summed E-state index contributed by atoms with van der Waals surface area (Å²) in [6.07, 6.45) is 4.64. The Morgan fingerprint density at radius 1 is 1.41 bits per heavy atom. The zero-order chi connectivity index (χ0) is 15.9. The summed E-state index contributed by atoms with van der Waals surface area (Å²) >= 11 is 7.62. The molecule has 2 bridgehead atoms. The number of alkyl halides is 2. The molecule has 0 radical (unpaired) electrons. The zero-order valence-corrected chi connectivity index (χ0v) is 15.0. The summed E-state index contributed by atoms with van der Waals surface area (Å²) < 4.78 is 26.7. The minimum Gasteiger partial charge on any atom is -0.393 e. The number of nitrogens with two attached hydrogens (primary N) is 1. The maximum Gasteiger partial charge on any atom is 0.251 e. The monoisotopic (exact) mass is 437 g/mol. The largest absolute Gasteiger partial charge is 0.393 e. The topological polar surface area (TPSA) is 42.1 Å². The third kappa shape index (κ3) is 2.87. The van der Waals surface area contributed by atoms with Crippen LogP contribution in [-0.4, -0.2) is 39.9 Å². The number of rotatable bonds is 4. The molecule has 7 heteroatoms. The van der Waals surface area contributed by atoms with Gasteiger partial charge in [-0.3, -0.25) is 9.88 Å². The molecule has 2 fully saturated rings. The van der Waals surface area contributed by atoms with Gasteiger partial charge in [-0.05, 0) is 59.9 Å². The number of hydrogen-bond acceptors (Lipinski definition) is 3. The summed E-state index contributed by atoms with van der Waals surface area (Å²) in [5, 5.41) is 0. The van der Waals surface area contributed by atoms with E-state index >= 15 is 0 Å². The Labute approximate surface area is 147 Å². The second kappa shape index (κ2) is 6.24. The Hall–Kier alpha value is -0.410. The van der Waals surface area contributed by atoms with Gasteiger partial charge in [-0.25, -0.2) is 8.78 Å². The Morgan fingerprint density at radius 3 is 2.55 bits per heavy atom. The molecule has 2 N–H and O–H groups in total. The normalized spacial score (nSPS) is 31.6. The molecule has 2 aliphatic rings. The molecule has 0 unspecified atom stereocenters. The van der Waals surface area contributed by atoms with Gasteiger partial charge in [-0.15, -0.1) is 0 Å². The van der Waals surface area contributed by atoms with Crippen LogP contribution in [0.3, 0.4) is 0 Å². The maximum atomic E-state index is 12.8.